The summed E-state index contributed by atoms with van der Waals surface area (Å²) in [6, 6.07) is 12.7. The van der Waals surface area contributed by atoms with Gasteiger partial charge in [0.15, 0.2) is 6.61 Å². The van der Waals surface area contributed by atoms with Crippen LogP contribution >= 0.6 is 0 Å². The average Bonchev–Trinajstić information content (AvgIpc) is 2.67. The van der Waals surface area contributed by atoms with Crippen LogP contribution in [0.1, 0.15) is 36.5 Å². The summed E-state index contributed by atoms with van der Waals surface area (Å²) in [5.41, 5.74) is 3.32. The highest BCUT2D eigenvalue weighted by atomic mass is 32.2. The number of hydrogen-bond acceptors (Lipinski definition) is 4. The predicted molar refractivity (Wildman–Crippen MR) is 117 cm³/mol. The van der Waals surface area contributed by atoms with E-state index in [-0.39, 0.29) is 24.8 Å². The van der Waals surface area contributed by atoms with Crippen molar-refractivity contribution in [1.29, 1.82) is 0 Å². The van der Waals surface area contributed by atoms with Crippen LogP contribution in [-0.2, 0) is 20.6 Å². The monoisotopic (exact) mass is 416 g/mol. The van der Waals surface area contributed by atoms with Gasteiger partial charge in [0.1, 0.15) is 5.75 Å². The molecule has 0 radical (unpaired) electrons. The largest absolute Gasteiger partial charge is 0.483 e. The highest BCUT2D eigenvalue weighted by Crippen LogP contribution is 2.24. The Balaban J connectivity index is 1.91. The van der Waals surface area contributed by atoms with Crippen molar-refractivity contribution < 1.29 is 17.9 Å². The van der Waals surface area contributed by atoms with Crippen molar-refractivity contribution in [3.05, 3.63) is 71.8 Å². The Labute approximate surface area is 173 Å². The molecule has 6 nitrogen and oxygen atoms in total. The molecule has 0 aliphatic heterocycles. The molecule has 0 aliphatic carbocycles. The number of carbonyl (C=O) groups excluding carboxylic acids is 1. The predicted octanol–water partition coefficient (Wildman–Crippen LogP) is 3.74. The van der Waals surface area contributed by atoms with E-state index in [0.29, 0.717) is 22.9 Å². The summed E-state index contributed by atoms with van der Waals surface area (Å²) in [6.07, 6.45) is 1.48. The molecular formula is C22H28N2O4S. The lowest BCUT2D eigenvalue weighted by Gasteiger charge is -2.13. The molecule has 0 bridgehead atoms. The van der Waals surface area contributed by atoms with Gasteiger partial charge in [-0.3, -0.25) is 4.79 Å². The van der Waals surface area contributed by atoms with Gasteiger partial charge in [-0.1, -0.05) is 44.2 Å². The molecule has 0 aromatic heterocycles. The Morgan fingerprint density at radius 3 is 2.48 bits per heavy atom. The fourth-order valence-corrected chi connectivity index (χ4v) is 3.72. The zero-order chi connectivity index (χ0) is 21.4. The molecule has 2 rings (SSSR count). The van der Waals surface area contributed by atoms with Crippen LogP contribution in [0.3, 0.4) is 0 Å². The fraction of sp³-hybridized carbons (Fsp3) is 0.318. The second-order valence-electron chi connectivity index (χ2n) is 7.11. The molecule has 0 unspecified atom stereocenters. The van der Waals surface area contributed by atoms with E-state index < -0.39 is 10.0 Å². The molecule has 0 fully saturated rings. The number of anilines is 1. The minimum Gasteiger partial charge on any atom is -0.483 e. The van der Waals surface area contributed by atoms with E-state index in [4.69, 9.17) is 4.74 Å². The van der Waals surface area contributed by atoms with Crippen LogP contribution in [-0.4, -0.2) is 27.5 Å². The summed E-state index contributed by atoms with van der Waals surface area (Å²) in [7, 11) is -3.41. The van der Waals surface area contributed by atoms with Crippen molar-refractivity contribution in [3.8, 4) is 5.75 Å². The summed E-state index contributed by atoms with van der Waals surface area (Å²) in [5, 5.41) is 2.75. The molecule has 0 aliphatic rings. The second kappa shape index (κ2) is 10.2. The van der Waals surface area contributed by atoms with E-state index in [0.717, 1.165) is 11.1 Å². The molecule has 7 heteroatoms. The molecular weight excluding hydrogens is 388 g/mol. The Morgan fingerprint density at radius 2 is 1.86 bits per heavy atom. The number of ether oxygens (including phenoxy) is 1. The van der Waals surface area contributed by atoms with E-state index >= 15 is 0 Å². The second-order valence-corrected chi connectivity index (χ2v) is 8.92. The molecule has 0 atom stereocenters. The van der Waals surface area contributed by atoms with Gasteiger partial charge < -0.3 is 10.1 Å². The summed E-state index contributed by atoms with van der Waals surface area (Å²) in [4.78, 5) is 12.2. The van der Waals surface area contributed by atoms with E-state index in [9.17, 15) is 13.2 Å². The maximum atomic E-state index is 12.2. The van der Waals surface area contributed by atoms with Crippen molar-refractivity contribution in [2.24, 2.45) is 0 Å². The van der Waals surface area contributed by atoms with Crippen molar-refractivity contribution in [2.45, 2.75) is 32.4 Å². The Morgan fingerprint density at radius 1 is 1.17 bits per heavy atom. The zero-order valence-corrected chi connectivity index (χ0v) is 17.9. The smallest absolute Gasteiger partial charge is 0.262 e. The van der Waals surface area contributed by atoms with Gasteiger partial charge in [0.2, 0.25) is 10.0 Å². The average molecular weight is 417 g/mol. The fourth-order valence-electron chi connectivity index (χ4n) is 2.61. The number of carbonyl (C=O) groups is 1. The number of amides is 1. The van der Waals surface area contributed by atoms with Crippen LogP contribution in [0.4, 0.5) is 5.69 Å². The Hall–Kier alpha value is -2.64. The van der Waals surface area contributed by atoms with E-state index in [1.807, 2.05) is 19.1 Å². The summed E-state index contributed by atoms with van der Waals surface area (Å²) in [6.45, 7) is 9.71. The minimum absolute atomic E-state index is 0.107. The van der Waals surface area contributed by atoms with Crippen molar-refractivity contribution in [1.82, 2.24) is 4.72 Å². The van der Waals surface area contributed by atoms with Gasteiger partial charge in [-0.2, -0.15) is 0 Å². The quantitative estimate of drug-likeness (QED) is 0.578. The number of sulfonamides is 1. The van der Waals surface area contributed by atoms with Gasteiger partial charge in [-0.05, 0) is 47.7 Å². The lowest BCUT2D eigenvalue weighted by Crippen LogP contribution is -2.25. The van der Waals surface area contributed by atoms with E-state index in [1.54, 1.807) is 24.3 Å². The number of rotatable bonds is 10. The number of benzene rings is 2. The number of hydrogen-bond donors (Lipinski definition) is 2. The lowest BCUT2D eigenvalue weighted by atomic mass is 10.0. The van der Waals surface area contributed by atoms with E-state index in [2.05, 4.69) is 36.5 Å². The van der Waals surface area contributed by atoms with Crippen molar-refractivity contribution in [2.75, 3.05) is 18.5 Å². The van der Waals surface area contributed by atoms with Gasteiger partial charge >= 0.3 is 0 Å². The molecule has 29 heavy (non-hydrogen) atoms. The standard InChI is InChI=1S/C22H28N2O4S/c1-5-12-23-29(26,27)15-18-7-10-20(11-8-18)24-22(25)14-28-21-13-19(16(2)3)9-6-17(21)4/h5-11,13,16,23H,1,12,14-15H2,2-4H3,(H,24,25). The third-order valence-electron chi connectivity index (χ3n) is 4.28. The first-order chi connectivity index (χ1) is 13.7. The maximum absolute atomic E-state index is 12.2. The van der Waals surface area contributed by atoms with Gasteiger partial charge in [0.05, 0.1) is 5.75 Å². The molecule has 2 aromatic carbocycles. The minimum atomic E-state index is -3.41. The topological polar surface area (TPSA) is 84.5 Å². The number of aryl methyl sites for hydroxylation is 1. The molecule has 0 heterocycles. The van der Waals surface area contributed by atoms with Crippen LogP contribution in [0.5, 0.6) is 5.75 Å². The van der Waals surface area contributed by atoms with Crippen molar-refractivity contribution >= 4 is 21.6 Å². The van der Waals surface area contributed by atoms with Crippen LogP contribution < -0.4 is 14.8 Å². The summed E-state index contributed by atoms with van der Waals surface area (Å²) in [5.74, 6) is 0.649. The maximum Gasteiger partial charge on any atom is 0.262 e. The number of nitrogens with one attached hydrogen (secondary N) is 2. The molecule has 0 saturated carbocycles. The SMILES string of the molecule is C=CCNS(=O)(=O)Cc1ccc(NC(=O)COc2cc(C(C)C)ccc2C)cc1. The van der Waals surface area contributed by atoms with Crippen LogP contribution in [0.2, 0.25) is 0 Å². The molecule has 0 spiro atoms. The summed E-state index contributed by atoms with van der Waals surface area (Å²) >= 11 is 0. The first-order valence-electron chi connectivity index (χ1n) is 9.40. The Bertz CT molecular complexity index is 951. The molecule has 2 aromatic rings. The Kier molecular flexibility index (Phi) is 7.99. The van der Waals surface area contributed by atoms with Gasteiger partial charge in [-0.15, -0.1) is 6.58 Å². The highest BCUT2D eigenvalue weighted by Gasteiger charge is 2.11. The third kappa shape index (κ3) is 7.36. The lowest BCUT2D eigenvalue weighted by molar-refractivity contribution is -0.118. The van der Waals surface area contributed by atoms with Crippen LogP contribution in [0, 0.1) is 6.92 Å². The zero-order valence-electron chi connectivity index (χ0n) is 17.1. The first-order valence-corrected chi connectivity index (χ1v) is 11.1. The molecule has 156 valence electrons. The van der Waals surface area contributed by atoms with Crippen LogP contribution in [0.25, 0.3) is 0 Å². The summed E-state index contributed by atoms with van der Waals surface area (Å²) < 4.78 is 31.9. The third-order valence-corrected chi connectivity index (χ3v) is 5.60. The van der Waals surface area contributed by atoms with Gasteiger partial charge in [0.25, 0.3) is 5.91 Å². The molecule has 0 saturated heterocycles. The van der Waals surface area contributed by atoms with Crippen LogP contribution in [0.15, 0.2) is 55.1 Å². The van der Waals surface area contributed by atoms with Gasteiger partial charge in [-0.25, -0.2) is 13.1 Å². The molecule has 1 amide bonds. The van der Waals surface area contributed by atoms with Crippen molar-refractivity contribution in [3.63, 3.8) is 0 Å². The van der Waals surface area contributed by atoms with E-state index in [1.165, 1.54) is 6.08 Å². The highest BCUT2D eigenvalue weighted by molar-refractivity contribution is 7.88. The first kappa shape index (κ1) is 22.6. The molecule has 2 N–H and O–H groups in total. The normalized spacial score (nSPS) is 11.3. The van der Waals surface area contributed by atoms with Gasteiger partial charge in [0, 0.05) is 12.2 Å².